The molecule has 0 amide bonds. The molecule has 19 heavy (non-hydrogen) atoms. The SMILES string of the molecule is Nc1ncc2c(c1C#CC1CC1)C1(CCCC1)OC2. The van der Waals surface area contributed by atoms with Crippen LogP contribution in [0.2, 0.25) is 0 Å². The van der Waals surface area contributed by atoms with Crippen molar-refractivity contribution in [2.24, 2.45) is 5.92 Å². The van der Waals surface area contributed by atoms with Gasteiger partial charge in [-0.05, 0) is 25.7 Å². The first-order valence-electron chi connectivity index (χ1n) is 7.22. The van der Waals surface area contributed by atoms with E-state index in [1.165, 1.54) is 36.8 Å². The van der Waals surface area contributed by atoms with Crippen molar-refractivity contribution in [3.05, 3.63) is 22.9 Å². The lowest BCUT2D eigenvalue weighted by atomic mass is 9.88. The van der Waals surface area contributed by atoms with Gasteiger partial charge in [0.25, 0.3) is 0 Å². The highest BCUT2D eigenvalue weighted by Gasteiger charge is 2.44. The van der Waals surface area contributed by atoms with Crippen molar-refractivity contribution in [3.63, 3.8) is 0 Å². The zero-order chi connectivity index (χ0) is 12.9. The van der Waals surface area contributed by atoms with Crippen LogP contribution in [-0.2, 0) is 16.9 Å². The molecule has 1 aliphatic heterocycles. The molecule has 0 aromatic carbocycles. The van der Waals surface area contributed by atoms with Gasteiger partial charge in [0.1, 0.15) is 5.82 Å². The summed E-state index contributed by atoms with van der Waals surface area (Å²) in [6.45, 7) is 0.667. The standard InChI is InChI=1S/C16H18N2O/c17-15-13(6-5-11-3-4-11)14-12(9-18-15)10-19-16(14)7-1-2-8-16/h9,11H,1-4,7-8,10H2,(H2,17,18). The van der Waals surface area contributed by atoms with Crippen molar-refractivity contribution in [1.29, 1.82) is 0 Å². The Balaban J connectivity index is 1.86. The first-order chi connectivity index (χ1) is 9.28. The van der Waals surface area contributed by atoms with E-state index in [2.05, 4.69) is 16.8 Å². The minimum absolute atomic E-state index is 0.111. The second kappa shape index (κ2) is 3.98. The van der Waals surface area contributed by atoms with Crippen LogP contribution in [0.4, 0.5) is 5.82 Å². The average Bonchev–Trinajstić information content (AvgIpc) is 3.01. The second-order valence-corrected chi connectivity index (χ2v) is 5.95. The third kappa shape index (κ3) is 1.74. The van der Waals surface area contributed by atoms with Gasteiger partial charge in [0.2, 0.25) is 0 Å². The minimum atomic E-state index is -0.111. The number of aromatic nitrogens is 1. The number of ether oxygens (including phenoxy) is 1. The first-order valence-corrected chi connectivity index (χ1v) is 7.22. The maximum absolute atomic E-state index is 6.13. The number of hydrogen-bond donors (Lipinski definition) is 1. The molecule has 2 aliphatic carbocycles. The molecule has 0 radical (unpaired) electrons. The predicted molar refractivity (Wildman–Crippen MR) is 73.2 cm³/mol. The van der Waals surface area contributed by atoms with Crippen LogP contribution < -0.4 is 5.73 Å². The summed E-state index contributed by atoms with van der Waals surface area (Å²) in [5, 5.41) is 0. The Morgan fingerprint density at radius 3 is 2.84 bits per heavy atom. The van der Waals surface area contributed by atoms with E-state index in [-0.39, 0.29) is 5.60 Å². The molecule has 2 saturated carbocycles. The first kappa shape index (κ1) is 11.3. The van der Waals surface area contributed by atoms with Crippen LogP contribution in [0.15, 0.2) is 6.20 Å². The lowest BCUT2D eigenvalue weighted by Crippen LogP contribution is -2.22. The molecule has 4 rings (SSSR count). The summed E-state index contributed by atoms with van der Waals surface area (Å²) in [6, 6.07) is 0. The third-order valence-electron chi connectivity index (χ3n) is 4.54. The van der Waals surface area contributed by atoms with Crippen LogP contribution in [0.1, 0.15) is 55.2 Å². The fourth-order valence-corrected chi connectivity index (χ4v) is 3.35. The molecule has 0 saturated heterocycles. The fourth-order valence-electron chi connectivity index (χ4n) is 3.35. The molecule has 2 fully saturated rings. The van der Waals surface area contributed by atoms with Crippen molar-refractivity contribution in [3.8, 4) is 11.8 Å². The molecular weight excluding hydrogens is 236 g/mol. The number of hydrogen-bond acceptors (Lipinski definition) is 3. The number of fused-ring (bicyclic) bond motifs is 2. The lowest BCUT2D eigenvalue weighted by Gasteiger charge is -2.25. The summed E-state index contributed by atoms with van der Waals surface area (Å²) in [7, 11) is 0. The zero-order valence-corrected chi connectivity index (χ0v) is 11.0. The van der Waals surface area contributed by atoms with Crippen molar-refractivity contribution in [2.75, 3.05) is 5.73 Å². The maximum Gasteiger partial charge on any atom is 0.139 e. The topological polar surface area (TPSA) is 48.1 Å². The second-order valence-electron chi connectivity index (χ2n) is 5.95. The van der Waals surface area contributed by atoms with E-state index in [4.69, 9.17) is 10.5 Å². The quantitative estimate of drug-likeness (QED) is 0.724. The van der Waals surface area contributed by atoms with Gasteiger partial charge in [0, 0.05) is 23.2 Å². The summed E-state index contributed by atoms with van der Waals surface area (Å²) >= 11 is 0. The van der Waals surface area contributed by atoms with Gasteiger partial charge in [-0.3, -0.25) is 0 Å². The number of rotatable bonds is 0. The number of pyridine rings is 1. The van der Waals surface area contributed by atoms with E-state index in [0.29, 0.717) is 18.3 Å². The molecule has 2 N–H and O–H groups in total. The van der Waals surface area contributed by atoms with Crippen LogP contribution in [0.5, 0.6) is 0 Å². The maximum atomic E-state index is 6.13. The minimum Gasteiger partial charge on any atom is -0.383 e. The van der Waals surface area contributed by atoms with E-state index >= 15 is 0 Å². The van der Waals surface area contributed by atoms with Gasteiger partial charge in [-0.2, -0.15) is 0 Å². The van der Waals surface area contributed by atoms with Gasteiger partial charge in [0.15, 0.2) is 0 Å². The molecule has 1 aromatic heterocycles. The Morgan fingerprint density at radius 1 is 1.32 bits per heavy atom. The summed E-state index contributed by atoms with van der Waals surface area (Å²) < 4.78 is 6.13. The van der Waals surface area contributed by atoms with Gasteiger partial charge in [-0.1, -0.05) is 24.7 Å². The molecule has 0 atom stereocenters. The van der Waals surface area contributed by atoms with Crippen molar-refractivity contribution >= 4 is 5.82 Å². The molecule has 3 heteroatoms. The fraction of sp³-hybridized carbons (Fsp3) is 0.562. The smallest absolute Gasteiger partial charge is 0.139 e. The van der Waals surface area contributed by atoms with Crippen LogP contribution in [0.3, 0.4) is 0 Å². The summed E-state index contributed by atoms with van der Waals surface area (Å²) in [5.41, 5.74) is 9.36. The van der Waals surface area contributed by atoms with Crippen LogP contribution in [-0.4, -0.2) is 4.98 Å². The third-order valence-corrected chi connectivity index (χ3v) is 4.54. The Bertz CT molecular complexity index is 587. The van der Waals surface area contributed by atoms with E-state index < -0.39 is 0 Å². The lowest BCUT2D eigenvalue weighted by molar-refractivity contribution is -0.0326. The molecule has 1 aromatic rings. The molecule has 0 unspecified atom stereocenters. The molecule has 1 spiro atoms. The predicted octanol–water partition coefficient (Wildman–Crippen LogP) is 2.72. The molecule has 0 bridgehead atoms. The number of nitrogens with two attached hydrogens (primary N) is 1. The van der Waals surface area contributed by atoms with Crippen LogP contribution >= 0.6 is 0 Å². The number of nitrogens with zero attached hydrogens (tertiary/aromatic N) is 1. The van der Waals surface area contributed by atoms with Gasteiger partial charge in [-0.25, -0.2) is 4.98 Å². The van der Waals surface area contributed by atoms with E-state index in [1.807, 2.05) is 6.20 Å². The summed E-state index contributed by atoms with van der Waals surface area (Å²) in [4.78, 5) is 4.30. The van der Waals surface area contributed by atoms with E-state index in [0.717, 1.165) is 18.4 Å². The Hall–Kier alpha value is -1.53. The van der Waals surface area contributed by atoms with Crippen molar-refractivity contribution in [1.82, 2.24) is 4.98 Å². The molecular formula is C16H18N2O. The number of nitrogen functional groups attached to an aromatic ring is 1. The van der Waals surface area contributed by atoms with E-state index in [9.17, 15) is 0 Å². The average molecular weight is 254 g/mol. The molecule has 3 aliphatic rings. The van der Waals surface area contributed by atoms with Crippen LogP contribution in [0.25, 0.3) is 0 Å². The van der Waals surface area contributed by atoms with Gasteiger partial charge >= 0.3 is 0 Å². The Kier molecular flexibility index (Phi) is 2.37. The van der Waals surface area contributed by atoms with Gasteiger partial charge in [0.05, 0.1) is 17.8 Å². The highest BCUT2D eigenvalue weighted by molar-refractivity contribution is 5.60. The Morgan fingerprint density at radius 2 is 2.11 bits per heavy atom. The van der Waals surface area contributed by atoms with Crippen molar-refractivity contribution in [2.45, 2.75) is 50.7 Å². The monoisotopic (exact) mass is 254 g/mol. The summed E-state index contributed by atoms with van der Waals surface area (Å²) in [5.74, 6) is 7.79. The zero-order valence-electron chi connectivity index (χ0n) is 11.0. The Labute approximate surface area is 113 Å². The van der Waals surface area contributed by atoms with Crippen LogP contribution in [0, 0.1) is 17.8 Å². The number of anilines is 1. The largest absolute Gasteiger partial charge is 0.383 e. The van der Waals surface area contributed by atoms with Gasteiger partial charge < -0.3 is 10.5 Å². The van der Waals surface area contributed by atoms with E-state index in [1.54, 1.807) is 0 Å². The highest BCUT2D eigenvalue weighted by atomic mass is 16.5. The van der Waals surface area contributed by atoms with Gasteiger partial charge in [-0.15, -0.1) is 0 Å². The van der Waals surface area contributed by atoms with Crippen molar-refractivity contribution < 1.29 is 4.74 Å². The highest BCUT2D eigenvalue weighted by Crippen LogP contribution is 2.49. The summed E-state index contributed by atoms with van der Waals surface area (Å²) in [6.07, 6.45) is 9.01. The molecule has 98 valence electrons. The normalized spacial score (nSPS) is 23.2. The molecule has 3 nitrogen and oxygen atoms in total. The molecule has 2 heterocycles.